The fourth-order valence-electron chi connectivity index (χ4n) is 2.47. The van der Waals surface area contributed by atoms with Gasteiger partial charge in [-0.05, 0) is 30.2 Å². The summed E-state index contributed by atoms with van der Waals surface area (Å²) >= 11 is 0. The molecular weight excluding hydrogens is 460 g/mol. The number of rotatable bonds is 8. The van der Waals surface area contributed by atoms with Crippen molar-refractivity contribution >= 4 is 29.9 Å². The first-order valence-electron chi connectivity index (χ1n) is 8.53. The highest BCUT2D eigenvalue weighted by atomic mass is 127. The molecule has 148 valence electrons. The van der Waals surface area contributed by atoms with Gasteiger partial charge in [0, 0.05) is 25.7 Å². The van der Waals surface area contributed by atoms with Gasteiger partial charge in [0.1, 0.15) is 11.6 Å². The number of nitrogens with one attached hydrogen (secondary N) is 2. The topological polar surface area (TPSA) is 54.9 Å². The minimum Gasteiger partial charge on any atom is -0.496 e. The van der Waals surface area contributed by atoms with Gasteiger partial charge in [-0.3, -0.25) is 4.99 Å². The van der Waals surface area contributed by atoms with Crippen LogP contribution in [0, 0.1) is 12.7 Å². The molecule has 0 aliphatic heterocycles. The Labute approximate surface area is 177 Å². The molecule has 0 amide bonds. The second-order valence-corrected chi connectivity index (χ2v) is 5.80. The first-order valence-corrected chi connectivity index (χ1v) is 8.53. The molecule has 2 rings (SSSR count). The molecule has 0 fully saturated rings. The van der Waals surface area contributed by atoms with Crippen LogP contribution in [0.2, 0.25) is 0 Å². The van der Waals surface area contributed by atoms with Gasteiger partial charge in [0.2, 0.25) is 0 Å². The monoisotopic (exact) mass is 487 g/mol. The van der Waals surface area contributed by atoms with Gasteiger partial charge < -0.3 is 20.1 Å². The van der Waals surface area contributed by atoms with Crippen LogP contribution in [0.15, 0.2) is 47.5 Å². The van der Waals surface area contributed by atoms with Gasteiger partial charge in [-0.1, -0.05) is 30.3 Å². The van der Waals surface area contributed by atoms with E-state index in [1.54, 1.807) is 27.1 Å². The molecule has 0 heterocycles. The zero-order valence-electron chi connectivity index (χ0n) is 15.9. The van der Waals surface area contributed by atoms with E-state index in [1.807, 2.05) is 30.3 Å². The summed E-state index contributed by atoms with van der Waals surface area (Å²) in [7, 11) is 3.36. The molecule has 0 radical (unpaired) electrons. The van der Waals surface area contributed by atoms with Crippen molar-refractivity contribution in [3.05, 3.63) is 65.0 Å². The number of guanidine groups is 1. The SMILES string of the molecule is CN=C(NCCOCc1ccccc1OC)NCc1ccc(F)c(C)c1.I. The van der Waals surface area contributed by atoms with Crippen molar-refractivity contribution in [2.24, 2.45) is 4.99 Å². The summed E-state index contributed by atoms with van der Waals surface area (Å²) in [6.07, 6.45) is 0. The average molecular weight is 487 g/mol. The maximum absolute atomic E-state index is 13.3. The Hall–Kier alpha value is -1.87. The summed E-state index contributed by atoms with van der Waals surface area (Å²) in [5, 5.41) is 6.39. The van der Waals surface area contributed by atoms with Crippen LogP contribution in [0.1, 0.15) is 16.7 Å². The third-order valence-electron chi connectivity index (χ3n) is 3.89. The number of aryl methyl sites for hydroxylation is 1. The van der Waals surface area contributed by atoms with E-state index in [-0.39, 0.29) is 29.8 Å². The molecule has 2 N–H and O–H groups in total. The second-order valence-electron chi connectivity index (χ2n) is 5.80. The predicted molar refractivity (Wildman–Crippen MR) is 117 cm³/mol. The van der Waals surface area contributed by atoms with Crippen LogP contribution in [0.25, 0.3) is 0 Å². The van der Waals surface area contributed by atoms with E-state index in [4.69, 9.17) is 9.47 Å². The van der Waals surface area contributed by atoms with Crippen LogP contribution >= 0.6 is 24.0 Å². The molecule has 0 atom stereocenters. The Morgan fingerprint density at radius 1 is 1.15 bits per heavy atom. The zero-order chi connectivity index (χ0) is 18.8. The molecule has 27 heavy (non-hydrogen) atoms. The number of benzene rings is 2. The van der Waals surface area contributed by atoms with Gasteiger partial charge in [0.15, 0.2) is 5.96 Å². The minimum absolute atomic E-state index is 0. The molecule has 0 spiro atoms. The van der Waals surface area contributed by atoms with Gasteiger partial charge in [-0.25, -0.2) is 4.39 Å². The predicted octanol–water partition coefficient (Wildman–Crippen LogP) is 3.64. The third-order valence-corrected chi connectivity index (χ3v) is 3.89. The minimum atomic E-state index is -0.191. The van der Waals surface area contributed by atoms with Gasteiger partial charge in [-0.2, -0.15) is 0 Å². The fraction of sp³-hybridized carbons (Fsp3) is 0.350. The van der Waals surface area contributed by atoms with E-state index in [0.717, 1.165) is 16.9 Å². The van der Waals surface area contributed by atoms with E-state index >= 15 is 0 Å². The molecule has 0 aliphatic carbocycles. The quantitative estimate of drug-likeness (QED) is 0.259. The maximum Gasteiger partial charge on any atom is 0.191 e. The molecule has 2 aromatic rings. The number of halogens is 2. The Kier molecular flexibility index (Phi) is 10.7. The van der Waals surface area contributed by atoms with Gasteiger partial charge in [-0.15, -0.1) is 24.0 Å². The summed E-state index contributed by atoms with van der Waals surface area (Å²) in [6.45, 7) is 3.98. The number of ether oxygens (including phenoxy) is 2. The standard InChI is InChI=1S/C20H26FN3O2.HI/c1-15-12-16(8-9-18(15)21)13-24-20(22-2)23-10-11-26-14-17-6-4-5-7-19(17)25-3;/h4-9,12H,10-11,13-14H2,1-3H3,(H2,22,23,24);1H. The van der Waals surface area contributed by atoms with Crippen molar-refractivity contribution in [3.8, 4) is 5.75 Å². The normalized spacial score (nSPS) is 10.9. The third kappa shape index (κ3) is 7.72. The number of para-hydroxylation sites is 1. The van der Waals surface area contributed by atoms with Crippen LogP contribution in [0.3, 0.4) is 0 Å². The van der Waals surface area contributed by atoms with Gasteiger partial charge >= 0.3 is 0 Å². The molecule has 0 bridgehead atoms. The Bertz CT molecular complexity index is 741. The summed E-state index contributed by atoms with van der Waals surface area (Å²) in [4.78, 5) is 4.17. The largest absolute Gasteiger partial charge is 0.496 e. The average Bonchev–Trinajstić information content (AvgIpc) is 2.67. The number of nitrogens with zero attached hydrogens (tertiary/aromatic N) is 1. The van der Waals surface area contributed by atoms with Crippen molar-refractivity contribution in [3.63, 3.8) is 0 Å². The Morgan fingerprint density at radius 2 is 1.93 bits per heavy atom. The fourth-order valence-corrected chi connectivity index (χ4v) is 2.47. The van der Waals surface area contributed by atoms with Crippen LogP contribution in [0.5, 0.6) is 5.75 Å². The highest BCUT2D eigenvalue weighted by Crippen LogP contribution is 2.17. The highest BCUT2D eigenvalue weighted by molar-refractivity contribution is 14.0. The lowest BCUT2D eigenvalue weighted by Gasteiger charge is -2.13. The van der Waals surface area contributed by atoms with Crippen molar-refractivity contribution in [2.75, 3.05) is 27.3 Å². The van der Waals surface area contributed by atoms with E-state index in [9.17, 15) is 4.39 Å². The van der Waals surface area contributed by atoms with E-state index < -0.39 is 0 Å². The maximum atomic E-state index is 13.3. The molecule has 0 unspecified atom stereocenters. The van der Waals surface area contributed by atoms with E-state index in [0.29, 0.717) is 37.8 Å². The molecule has 0 saturated carbocycles. The van der Waals surface area contributed by atoms with Crippen LogP contribution in [-0.4, -0.2) is 33.3 Å². The highest BCUT2D eigenvalue weighted by Gasteiger charge is 2.03. The first kappa shape index (κ1) is 23.2. The molecule has 5 nitrogen and oxygen atoms in total. The second kappa shape index (κ2) is 12.5. The van der Waals surface area contributed by atoms with E-state index in [2.05, 4.69) is 15.6 Å². The summed E-state index contributed by atoms with van der Waals surface area (Å²) in [5.41, 5.74) is 2.65. The van der Waals surface area contributed by atoms with Crippen molar-refractivity contribution in [1.29, 1.82) is 0 Å². The molecule has 2 aromatic carbocycles. The number of hydrogen-bond donors (Lipinski definition) is 2. The summed E-state index contributed by atoms with van der Waals surface area (Å²) < 4.78 is 24.3. The molecule has 0 aliphatic rings. The Morgan fingerprint density at radius 3 is 2.63 bits per heavy atom. The molecule has 0 saturated heterocycles. The van der Waals surface area contributed by atoms with Gasteiger partial charge in [0.05, 0.1) is 20.3 Å². The first-order chi connectivity index (χ1) is 12.6. The summed E-state index contributed by atoms with van der Waals surface area (Å²) in [6, 6.07) is 12.9. The number of methoxy groups -OCH3 is 1. The van der Waals surface area contributed by atoms with Crippen LogP contribution < -0.4 is 15.4 Å². The Balaban J connectivity index is 0.00000364. The van der Waals surface area contributed by atoms with E-state index in [1.165, 1.54) is 6.07 Å². The number of hydrogen-bond acceptors (Lipinski definition) is 3. The molecule has 0 aromatic heterocycles. The zero-order valence-corrected chi connectivity index (χ0v) is 18.3. The van der Waals surface area contributed by atoms with Crippen molar-refractivity contribution < 1.29 is 13.9 Å². The smallest absolute Gasteiger partial charge is 0.191 e. The lowest BCUT2D eigenvalue weighted by atomic mass is 10.1. The van der Waals surface area contributed by atoms with Crippen LogP contribution in [-0.2, 0) is 17.9 Å². The van der Waals surface area contributed by atoms with Crippen molar-refractivity contribution in [2.45, 2.75) is 20.1 Å². The molecular formula is C20H27FIN3O2. The van der Waals surface area contributed by atoms with Gasteiger partial charge in [0.25, 0.3) is 0 Å². The number of aliphatic imine (C=N–C) groups is 1. The lowest BCUT2D eigenvalue weighted by Crippen LogP contribution is -2.38. The van der Waals surface area contributed by atoms with Crippen molar-refractivity contribution in [1.82, 2.24) is 10.6 Å². The summed E-state index contributed by atoms with van der Waals surface area (Å²) in [5.74, 6) is 1.31. The lowest BCUT2D eigenvalue weighted by molar-refractivity contribution is 0.123. The molecule has 7 heteroatoms. The van der Waals surface area contributed by atoms with Crippen LogP contribution in [0.4, 0.5) is 4.39 Å².